The third kappa shape index (κ3) is 14.5. The fraction of sp³-hybridized carbons (Fsp3) is 1.00. The molecule has 0 aromatic heterocycles. The molecule has 0 amide bonds. The molecule has 3 nitrogen and oxygen atoms in total. The maximum absolute atomic E-state index is 3.28. The molecule has 0 saturated carbocycles. The predicted octanol–water partition coefficient (Wildman–Crippen LogP) is 2.34. The lowest BCUT2D eigenvalue weighted by molar-refractivity contribution is 0.520. The molecule has 19 heavy (non-hydrogen) atoms. The standard InChI is InChI=1S/3C5H11N.H3P/c3*1-2-4-6-5-3-1;/h3*6H,1-5H2;1H3. The zero-order chi connectivity index (χ0) is 12.7. The van der Waals surface area contributed by atoms with Crippen LogP contribution in [0.2, 0.25) is 0 Å². The summed E-state index contributed by atoms with van der Waals surface area (Å²) < 4.78 is 0. The van der Waals surface area contributed by atoms with Gasteiger partial charge in [0.15, 0.2) is 0 Å². The summed E-state index contributed by atoms with van der Waals surface area (Å²) in [5.74, 6) is 0. The lowest BCUT2D eigenvalue weighted by atomic mass is 10.2. The summed E-state index contributed by atoms with van der Waals surface area (Å²) in [6.07, 6.45) is 12.6. The van der Waals surface area contributed by atoms with Crippen molar-refractivity contribution in [3.8, 4) is 0 Å². The minimum Gasteiger partial charge on any atom is -0.317 e. The van der Waals surface area contributed by atoms with Gasteiger partial charge in [-0.05, 0) is 77.8 Å². The number of nitrogens with one attached hydrogen (secondary N) is 3. The second kappa shape index (κ2) is 16.4. The van der Waals surface area contributed by atoms with E-state index in [1.807, 2.05) is 0 Å². The van der Waals surface area contributed by atoms with Crippen LogP contribution in [0.5, 0.6) is 0 Å². The van der Waals surface area contributed by atoms with Crippen molar-refractivity contribution in [3.05, 3.63) is 0 Å². The topological polar surface area (TPSA) is 36.1 Å². The van der Waals surface area contributed by atoms with Crippen LogP contribution in [0.15, 0.2) is 0 Å². The quantitative estimate of drug-likeness (QED) is 0.599. The molecule has 3 rings (SSSR count). The molecule has 0 aromatic rings. The van der Waals surface area contributed by atoms with Crippen LogP contribution in [0.4, 0.5) is 0 Å². The van der Waals surface area contributed by atoms with Gasteiger partial charge in [0.05, 0.1) is 0 Å². The van der Waals surface area contributed by atoms with Gasteiger partial charge in [0, 0.05) is 0 Å². The van der Waals surface area contributed by atoms with E-state index in [1.54, 1.807) is 0 Å². The van der Waals surface area contributed by atoms with Crippen molar-refractivity contribution in [2.24, 2.45) is 0 Å². The van der Waals surface area contributed by atoms with Gasteiger partial charge in [-0.3, -0.25) is 0 Å². The summed E-state index contributed by atoms with van der Waals surface area (Å²) in [6.45, 7) is 7.50. The Balaban J connectivity index is 0.000000249. The van der Waals surface area contributed by atoms with Crippen LogP contribution in [0.1, 0.15) is 57.8 Å². The molecule has 1 atom stereocenters. The van der Waals surface area contributed by atoms with Crippen molar-refractivity contribution >= 4 is 9.90 Å². The minimum absolute atomic E-state index is 0. The van der Waals surface area contributed by atoms with E-state index in [0.29, 0.717) is 0 Å². The highest BCUT2D eigenvalue weighted by Gasteiger charge is 1.94. The van der Waals surface area contributed by atoms with E-state index < -0.39 is 0 Å². The van der Waals surface area contributed by atoms with Gasteiger partial charge in [0.2, 0.25) is 0 Å². The molecule has 3 fully saturated rings. The van der Waals surface area contributed by atoms with Gasteiger partial charge >= 0.3 is 0 Å². The van der Waals surface area contributed by atoms with Crippen LogP contribution in [-0.4, -0.2) is 39.3 Å². The average molecular weight is 289 g/mol. The zero-order valence-corrected chi connectivity index (χ0v) is 14.2. The summed E-state index contributed by atoms with van der Waals surface area (Å²) in [5.41, 5.74) is 0. The highest BCUT2D eigenvalue weighted by molar-refractivity contribution is 6.92. The van der Waals surface area contributed by atoms with Crippen molar-refractivity contribution in [2.45, 2.75) is 57.8 Å². The molecule has 3 saturated heterocycles. The molecule has 3 heterocycles. The van der Waals surface area contributed by atoms with Crippen LogP contribution in [-0.2, 0) is 0 Å². The van der Waals surface area contributed by atoms with Gasteiger partial charge in [0.1, 0.15) is 0 Å². The number of hydrogen-bond donors (Lipinski definition) is 3. The number of rotatable bonds is 0. The molecule has 116 valence electrons. The third-order valence-corrected chi connectivity index (χ3v) is 3.62. The Morgan fingerprint density at radius 1 is 0.316 bits per heavy atom. The second-order valence-electron chi connectivity index (χ2n) is 5.43. The van der Waals surface area contributed by atoms with Gasteiger partial charge < -0.3 is 16.0 Å². The Morgan fingerprint density at radius 3 is 0.579 bits per heavy atom. The van der Waals surface area contributed by atoms with Gasteiger partial charge in [0.25, 0.3) is 0 Å². The Kier molecular flexibility index (Phi) is 16.6. The van der Waals surface area contributed by atoms with Gasteiger partial charge in [-0.25, -0.2) is 0 Å². The molecule has 3 aliphatic heterocycles. The molecule has 1 unspecified atom stereocenters. The van der Waals surface area contributed by atoms with Crippen molar-refractivity contribution in [1.29, 1.82) is 0 Å². The second-order valence-corrected chi connectivity index (χ2v) is 5.43. The third-order valence-electron chi connectivity index (χ3n) is 3.62. The Bertz CT molecular complexity index is 92.4. The van der Waals surface area contributed by atoms with Gasteiger partial charge in [-0.2, -0.15) is 9.90 Å². The summed E-state index contributed by atoms with van der Waals surface area (Å²) >= 11 is 0. The van der Waals surface area contributed by atoms with Crippen molar-refractivity contribution in [1.82, 2.24) is 16.0 Å². The summed E-state index contributed by atoms with van der Waals surface area (Å²) in [6, 6.07) is 0. The van der Waals surface area contributed by atoms with E-state index in [2.05, 4.69) is 16.0 Å². The first-order valence-corrected chi connectivity index (χ1v) is 8.12. The number of hydrogen-bond acceptors (Lipinski definition) is 3. The van der Waals surface area contributed by atoms with Crippen molar-refractivity contribution in [3.63, 3.8) is 0 Å². The first kappa shape index (κ1) is 19.3. The Labute approximate surface area is 123 Å². The molecular weight excluding hydrogens is 253 g/mol. The largest absolute Gasteiger partial charge is 0.317 e. The molecular formula is C15H36N3P. The van der Waals surface area contributed by atoms with E-state index in [0.717, 1.165) is 0 Å². The Hall–Kier alpha value is 0.310. The fourth-order valence-electron chi connectivity index (χ4n) is 2.41. The maximum Gasteiger partial charge on any atom is -0.00489 e. The van der Waals surface area contributed by atoms with Gasteiger partial charge in [-0.1, -0.05) is 19.3 Å². The molecule has 0 aromatic carbocycles. The molecule has 3 aliphatic rings. The average Bonchev–Trinajstić information content (AvgIpc) is 2.54. The van der Waals surface area contributed by atoms with Crippen LogP contribution in [0.25, 0.3) is 0 Å². The van der Waals surface area contributed by atoms with E-state index in [-0.39, 0.29) is 9.90 Å². The van der Waals surface area contributed by atoms with Gasteiger partial charge in [-0.15, -0.1) is 0 Å². The summed E-state index contributed by atoms with van der Waals surface area (Å²) in [5, 5.41) is 9.85. The molecule has 3 N–H and O–H groups in total. The first-order valence-electron chi connectivity index (χ1n) is 8.12. The van der Waals surface area contributed by atoms with Crippen molar-refractivity contribution < 1.29 is 0 Å². The minimum atomic E-state index is 0. The normalized spacial score (nSPS) is 22.7. The highest BCUT2D eigenvalue weighted by atomic mass is 31.0. The van der Waals surface area contributed by atoms with Crippen LogP contribution < -0.4 is 16.0 Å². The molecule has 0 aliphatic carbocycles. The maximum atomic E-state index is 3.28. The van der Waals surface area contributed by atoms with Crippen LogP contribution >= 0.6 is 9.90 Å². The predicted molar refractivity (Wildman–Crippen MR) is 91.3 cm³/mol. The monoisotopic (exact) mass is 289 g/mol. The van der Waals surface area contributed by atoms with E-state index in [1.165, 1.54) is 97.1 Å². The SMILES string of the molecule is C1CCNCC1.C1CCNCC1.C1CCNCC1.P. The lowest BCUT2D eigenvalue weighted by Crippen LogP contribution is -2.21. The van der Waals surface area contributed by atoms with Crippen LogP contribution in [0.3, 0.4) is 0 Å². The lowest BCUT2D eigenvalue weighted by Gasteiger charge is -2.08. The molecule has 0 spiro atoms. The zero-order valence-electron chi connectivity index (χ0n) is 12.8. The fourth-order valence-corrected chi connectivity index (χ4v) is 2.41. The van der Waals surface area contributed by atoms with Crippen molar-refractivity contribution in [2.75, 3.05) is 39.3 Å². The summed E-state index contributed by atoms with van der Waals surface area (Å²) in [4.78, 5) is 0. The molecule has 0 radical (unpaired) electrons. The van der Waals surface area contributed by atoms with E-state index in [4.69, 9.17) is 0 Å². The summed E-state index contributed by atoms with van der Waals surface area (Å²) in [7, 11) is 0. The number of piperidine rings is 3. The van der Waals surface area contributed by atoms with E-state index >= 15 is 0 Å². The van der Waals surface area contributed by atoms with E-state index in [9.17, 15) is 0 Å². The molecule has 0 bridgehead atoms. The smallest absolute Gasteiger partial charge is 0.00489 e. The Morgan fingerprint density at radius 2 is 0.526 bits per heavy atom. The molecule has 4 heteroatoms. The first-order chi connectivity index (χ1) is 9.00. The highest BCUT2D eigenvalue weighted by Crippen LogP contribution is 1.97. The van der Waals surface area contributed by atoms with Crippen LogP contribution in [0, 0.1) is 0 Å².